The summed E-state index contributed by atoms with van der Waals surface area (Å²) in [5.74, 6) is 0.897. The van der Waals surface area contributed by atoms with E-state index in [0.717, 1.165) is 10.8 Å². The van der Waals surface area contributed by atoms with Gasteiger partial charge in [0.05, 0.1) is 10.0 Å². The molecule has 1 aromatic rings. The van der Waals surface area contributed by atoms with Gasteiger partial charge < -0.3 is 5.73 Å². The first-order valence-electron chi connectivity index (χ1n) is 3.27. The van der Waals surface area contributed by atoms with Gasteiger partial charge >= 0.3 is 0 Å². The summed E-state index contributed by atoms with van der Waals surface area (Å²) in [7, 11) is 0. The third-order valence-electron chi connectivity index (χ3n) is 1.07. The van der Waals surface area contributed by atoms with Crippen LogP contribution in [0.25, 0.3) is 0 Å². The lowest BCUT2D eigenvalue weighted by Gasteiger charge is -1.96. The molecule has 1 heterocycles. The molecule has 0 aromatic carbocycles. The lowest BCUT2D eigenvalue weighted by atomic mass is 10.5. The van der Waals surface area contributed by atoms with Crippen molar-refractivity contribution in [1.29, 1.82) is 0 Å². The number of hydrogen-bond acceptors (Lipinski definition) is 3. The highest BCUT2D eigenvalue weighted by Crippen LogP contribution is 2.15. The van der Waals surface area contributed by atoms with Crippen molar-refractivity contribution in [1.82, 2.24) is 4.98 Å². The molecule has 0 amide bonds. The smallest absolute Gasteiger partial charge is 0.0961 e. The van der Waals surface area contributed by atoms with Crippen LogP contribution in [0.1, 0.15) is 0 Å². The lowest BCUT2D eigenvalue weighted by Crippen LogP contribution is -2.01. The molecule has 60 valence electrons. The van der Waals surface area contributed by atoms with E-state index in [9.17, 15) is 0 Å². The molecule has 0 spiro atoms. The average Bonchev–Trinajstić information content (AvgIpc) is 2.04. The standard InChI is InChI=1S/C7H9ClN2S/c8-6-1-2-7(10-5-6)11-4-3-9/h1-2,5H,3-4,9H2. The van der Waals surface area contributed by atoms with Gasteiger partial charge in [0.15, 0.2) is 0 Å². The van der Waals surface area contributed by atoms with E-state index in [0.29, 0.717) is 11.6 Å². The summed E-state index contributed by atoms with van der Waals surface area (Å²) in [6.07, 6.45) is 1.64. The predicted molar refractivity (Wildman–Crippen MR) is 49.0 cm³/mol. The summed E-state index contributed by atoms with van der Waals surface area (Å²) < 4.78 is 0. The summed E-state index contributed by atoms with van der Waals surface area (Å²) in [6, 6.07) is 3.72. The topological polar surface area (TPSA) is 38.9 Å². The van der Waals surface area contributed by atoms with E-state index in [2.05, 4.69) is 4.98 Å². The molecule has 0 saturated heterocycles. The summed E-state index contributed by atoms with van der Waals surface area (Å²) >= 11 is 7.28. The zero-order valence-corrected chi connectivity index (χ0v) is 7.53. The highest BCUT2D eigenvalue weighted by Gasteiger charge is 1.93. The second kappa shape index (κ2) is 4.59. The van der Waals surface area contributed by atoms with Gasteiger partial charge in [0.25, 0.3) is 0 Å². The summed E-state index contributed by atoms with van der Waals surface area (Å²) in [6.45, 7) is 0.676. The van der Waals surface area contributed by atoms with Crippen molar-refractivity contribution in [3.05, 3.63) is 23.4 Å². The van der Waals surface area contributed by atoms with Gasteiger partial charge in [-0.1, -0.05) is 11.6 Å². The first-order valence-corrected chi connectivity index (χ1v) is 4.63. The Hall–Kier alpha value is -0.250. The van der Waals surface area contributed by atoms with Gasteiger partial charge in [0, 0.05) is 18.5 Å². The second-order valence-corrected chi connectivity index (χ2v) is 3.50. The Morgan fingerprint density at radius 2 is 2.36 bits per heavy atom. The van der Waals surface area contributed by atoms with Crippen LogP contribution in [0.4, 0.5) is 0 Å². The summed E-state index contributed by atoms with van der Waals surface area (Å²) in [5.41, 5.74) is 5.33. The Morgan fingerprint density at radius 3 is 2.91 bits per heavy atom. The highest BCUT2D eigenvalue weighted by atomic mass is 35.5. The monoisotopic (exact) mass is 188 g/mol. The van der Waals surface area contributed by atoms with E-state index in [1.54, 1.807) is 18.0 Å². The van der Waals surface area contributed by atoms with Crippen LogP contribution >= 0.6 is 23.4 Å². The molecule has 0 saturated carbocycles. The minimum atomic E-state index is 0.669. The molecule has 0 aliphatic carbocycles. The van der Waals surface area contributed by atoms with Crippen LogP contribution < -0.4 is 5.73 Å². The molecule has 4 heteroatoms. The van der Waals surface area contributed by atoms with Crippen molar-refractivity contribution >= 4 is 23.4 Å². The highest BCUT2D eigenvalue weighted by molar-refractivity contribution is 7.99. The molecule has 0 aliphatic rings. The Morgan fingerprint density at radius 1 is 1.55 bits per heavy atom. The molecular weight excluding hydrogens is 180 g/mol. The molecule has 0 fully saturated rings. The van der Waals surface area contributed by atoms with Crippen LogP contribution in [0.2, 0.25) is 5.02 Å². The van der Waals surface area contributed by atoms with Gasteiger partial charge in [0.1, 0.15) is 0 Å². The quantitative estimate of drug-likeness (QED) is 0.736. The fourth-order valence-electron chi connectivity index (χ4n) is 0.611. The Kier molecular flexibility index (Phi) is 3.69. The third kappa shape index (κ3) is 3.10. The van der Waals surface area contributed by atoms with E-state index < -0.39 is 0 Å². The number of halogens is 1. The minimum Gasteiger partial charge on any atom is -0.330 e. The summed E-state index contributed by atoms with van der Waals surface area (Å²) in [5, 5.41) is 1.64. The van der Waals surface area contributed by atoms with Gasteiger partial charge in [-0.25, -0.2) is 4.98 Å². The SMILES string of the molecule is NCCSc1ccc(Cl)cn1. The maximum atomic E-state index is 5.65. The Bertz CT molecular complexity index is 212. The van der Waals surface area contributed by atoms with Crippen LogP contribution in [0.15, 0.2) is 23.4 Å². The van der Waals surface area contributed by atoms with Crippen LogP contribution in [0.5, 0.6) is 0 Å². The fraction of sp³-hybridized carbons (Fsp3) is 0.286. The zero-order chi connectivity index (χ0) is 8.10. The Labute approximate surface area is 75.1 Å². The molecule has 2 nitrogen and oxygen atoms in total. The van der Waals surface area contributed by atoms with Crippen molar-refractivity contribution in [2.45, 2.75) is 5.03 Å². The largest absolute Gasteiger partial charge is 0.330 e. The molecule has 1 rings (SSSR count). The molecule has 2 N–H and O–H groups in total. The molecule has 0 unspecified atom stereocenters. The summed E-state index contributed by atoms with van der Waals surface area (Å²) in [4.78, 5) is 4.09. The maximum absolute atomic E-state index is 5.65. The van der Waals surface area contributed by atoms with E-state index in [-0.39, 0.29) is 0 Å². The van der Waals surface area contributed by atoms with Crippen molar-refractivity contribution in [3.63, 3.8) is 0 Å². The number of rotatable bonds is 3. The maximum Gasteiger partial charge on any atom is 0.0961 e. The Balaban J connectivity index is 2.52. The van der Waals surface area contributed by atoms with Gasteiger partial charge in [-0.3, -0.25) is 0 Å². The molecule has 1 aromatic heterocycles. The average molecular weight is 189 g/mol. The van der Waals surface area contributed by atoms with Crippen LogP contribution in [0, 0.1) is 0 Å². The van der Waals surface area contributed by atoms with Gasteiger partial charge in [-0.15, -0.1) is 11.8 Å². The number of thioether (sulfide) groups is 1. The number of nitrogens with two attached hydrogens (primary N) is 1. The van der Waals surface area contributed by atoms with Gasteiger partial charge in [-0.05, 0) is 12.1 Å². The van der Waals surface area contributed by atoms with E-state index in [1.807, 2.05) is 12.1 Å². The van der Waals surface area contributed by atoms with Gasteiger partial charge in [-0.2, -0.15) is 0 Å². The molecule has 0 radical (unpaired) electrons. The van der Waals surface area contributed by atoms with Crippen LogP contribution in [0.3, 0.4) is 0 Å². The fourth-order valence-corrected chi connectivity index (χ4v) is 1.34. The van der Waals surface area contributed by atoms with Gasteiger partial charge in [0.2, 0.25) is 0 Å². The van der Waals surface area contributed by atoms with E-state index >= 15 is 0 Å². The first kappa shape index (κ1) is 8.84. The van der Waals surface area contributed by atoms with Crippen molar-refractivity contribution in [2.24, 2.45) is 5.73 Å². The van der Waals surface area contributed by atoms with E-state index in [1.165, 1.54) is 0 Å². The first-order chi connectivity index (χ1) is 5.33. The lowest BCUT2D eigenvalue weighted by molar-refractivity contribution is 1.11. The second-order valence-electron chi connectivity index (χ2n) is 1.95. The van der Waals surface area contributed by atoms with Crippen LogP contribution in [-0.4, -0.2) is 17.3 Å². The molecule has 0 atom stereocenters. The van der Waals surface area contributed by atoms with Crippen LogP contribution in [-0.2, 0) is 0 Å². The number of pyridine rings is 1. The predicted octanol–water partition coefficient (Wildman–Crippen LogP) is 1.79. The third-order valence-corrected chi connectivity index (χ3v) is 2.27. The minimum absolute atomic E-state index is 0.669. The molecular formula is C7H9ClN2S. The number of aromatic nitrogens is 1. The molecule has 11 heavy (non-hydrogen) atoms. The molecule has 0 aliphatic heterocycles. The van der Waals surface area contributed by atoms with Crippen molar-refractivity contribution < 1.29 is 0 Å². The normalized spacial score (nSPS) is 10.0. The number of nitrogens with zero attached hydrogens (tertiary/aromatic N) is 1. The zero-order valence-electron chi connectivity index (χ0n) is 5.96. The van der Waals surface area contributed by atoms with Crippen molar-refractivity contribution in [2.75, 3.05) is 12.3 Å². The number of hydrogen-bond donors (Lipinski definition) is 1. The van der Waals surface area contributed by atoms with E-state index in [4.69, 9.17) is 17.3 Å². The van der Waals surface area contributed by atoms with Crippen molar-refractivity contribution in [3.8, 4) is 0 Å². The molecule has 0 bridgehead atoms.